The van der Waals surface area contributed by atoms with Gasteiger partial charge in [0.25, 0.3) is 5.91 Å². The van der Waals surface area contributed by atoms with E-state index in [0.29, 0.717) is 0 Å². The Morgan fingerprint density at radius 1 is 1.10 bits per heavy atom. The molecule has 0 fully saturated rings. The summed E-state index contributed by atoms with van der Waals surface area (Å²) < 4.78 is 58.3. The molecule has 2 aromatic rings. The van der Waals surface area contributed by atoms with Crippen LogP contribution in [0.15, 0.2) is 42.0 Å². The molecule has 0 spiro atoms. The van der Waals surface area contributed by atoms with Gasteiger partial charge in [0.05, 0.1) is 15.7 Å². The molecular weight excluding hydrogens is 439 g/mol. The summed E-state index contributed by atoms with van der Waals surface area (Å²) in [6, 6.07) is 8.93. The van der Waals surface area contributed by atoms with Gasteiger partial charge in [0.15, 0.2) is 0 Å². The molecule has 0 aliphatic rings. The van der Waals surface area contributed by atoms with Crippen LogP contribution in [0.2, 0.25) is 10.0 Å². The summed E-state index contributed by atoms with van der Waals surface area (Å²) in [5, 5.41) is 11.8. The summed E-state index contributed by atoms with van der Waals surface area (Å²) >= 11 is 11.8. The van der Waals surface area contributed by atoms with Crippen molar-refractivity contribution in [3.05, 3.63) is 57.6 Å². The third-order valence-electron chi connectivity index (χ3n) is 3.29. The molecule has 0 bridgehead atoms. The number of alkyl halides is 4. The Morgan fingerprint density at radius 3 is 2.41 bits per heavy atom. The molecule has 0 radical (unpaired) electrons. The molecule has 2 aromatic carbocycles. The first-order valence-electron chi connectivity index (χ1n) is 7.62. The summed E-state index contributed by atoms with van der Waals surface area (Å²) in [5.41, 5.74) is -0.520. The van der Waals surface area contributed by atoms with E-state index in [1.54, 1.807) is 6.07 Å². The highest BCUT2D eigenvalue weighted by molar-refractivity contribution is 6.44. The molecule has 0 aromatic heterocycles. The van der Waals surface area contributed by atoms with Gasteiger partial charge in [-0.1, -0.05) is 29.3 Å². The minimum Gasteiger partial charge on any atom is -0.435 e. The van der Waals surface area contributed by atoms with Crippen LogP contribution in [0.1, 0.15) is 5.56 Å². The predicted molar refractivity (Wildman–Crippen MR) is 98.4 cm³/mol. The highest BCUT2D eigenvalue weighted by atomic mass is 35.5. The van der Waals surface area contributed by atoms with Crippen molar-refractivity contribution >= 4 is 40.9 Å². The molecular formula is C18H10Cl2F4N2O3. The largest absolute Gasteiger partial charge is 0.435 e. The van der Waals surface area contributed by atoms with E-state index in [1.807, 2.05) is 0 Å². The van der Waals surface area contributed by atoms with Crippen LogP contribution in [0.4, 0.5) is 23.2 Å². The van der Waals surface area contributed by atoms with Crippen molar-refractivity contribution in [2.75, 3.05) is 5.32 Å². The number of rotatable bonds is 7. The van der Waals surface area contributed by atoms with E-state index in [9.17, 15) is 27.6 Å². The Labute approximate surface area is 172 Å². The molecule has 152 valence electrons. The average molecular weight is 449 g/mol. The number of carbonyl (C=O) groups excluding carboxylic acids is 1. The van der Waals surface area contributed by atoms with Gasteiger partial charge >= 0.3 is 13.2 Å². The van der Waals surface area contributed by atoms with Crippen molar-refractivity contribution in [3.63, 3.8) is 0 Å². The van der Waals surface area contributed by atoms with Crippen LogP contribution < -0.4 is 14.8 Å². The number of ether oxygens (including phenoxy) is 2. The van der Waals surface area contributed by atoms with Crippen molar-refractivity contribution in [3.8, 4) is 17.6 Å². The van der Waals surface area contributed by atoms with Crippen molar-refractivity contribution < 1.29 is 31.8 Å². The quantitative estimate of drug-likeness (QED) is 0.333. The molecule has 11 heteroatoms. The van der Waals surface area contributed by atoms with Crippen LogP contribution in [0.5, 0.6) is 11.5 Å². The molecule has 1 amide bonds. The normalized spacial score (nSPS) is 11.3. The first-order valence-corrected chi connectivity index (χ1v) is 8.37. The lowest BCUT2D eigenvalue weighted by Gasteiger charge is -2.12. The van der Waals surface area contributed by atoms with Gasteiger partial charge in [0.2, 0.25) is 0 Å². The SMILES string of the molecule is N#CC(=Cc1ccc(OC(F)F)cc1OC(F)F)C(=O)Nc1cccc(Cl)c1Cl. The summed E-state index contributed by atoms with van der Waals surface area (Å²) in [6.45, 7) is -6.47. The number of hydrogen-bond acceptors (Lipinski definition) is 4. The predicted octanol–water partition coefficient (Wildman–Crippen LogP) is 5.74. The highest BCUT2D eigenvalue weighted by Crippen LogP contribution is 2.31. The minimum atomic E-state index is -3.28. The fourth-order valence-electron chi connectivity index (χ4n) is 2.10. The van der Waals surface area contributed by atoms with Gasteiger partial charge in [0.1, 0.15) is 23.1 Å². The van der Waals surface area contributed by atoms with Crippen LogP contribution in [0.3, 0.4) is 0 Å². The molecule has 0 heterocycles. The summed E-state index contributed by atoms with van der Waals surface area (Å²) in [6.07, 6.45) is 0.942. The first-order chi connectivity index (χ1) is 13.7. The molecule has 5 nitrogen and oxygen atoms in total. The maximum atomic E-state index is 12.6. The van der Waals surface area contributed by atoms with Crippen LogP contribution >= 0.6 is 23.2 Å². The summed E-state index contributed by atoms with van der Waals surface area (Å²) in [5.74, 6) is -1.92. The monoisotopic (exact) mass is 448 g/mol. The molecule has 2 rings (SSSR count). The standard InChI is InChI=1S/C18H10Cl2F4N2O3/c19-12-2-1-3-13(15(12)20)26-16(27)10(8-25)6-9-4-5-11(28-17(21)22)7-14(9)29-18(23)24/h1-7,17-18H,(H,26,27). The van der Waals surface area contributed by atoms with Crippen LogP contribution in [-0.2, 0) is 4.79 Å². The third kappa shape index (κ3) is 6.27. The number of amides is 1. The van der Waals surface area contributed by atoms with E-state index in [1.165, 1.54) is 18.2 Å². The number of anilines is 1. The van der Waals surface area contributed by atoms with Crippen molar-refractivity contribution in [2.45, 2.75) is 13.2 Å². The molecule has 0 unspecified atom stereocenters. The molecule has 0 saturated heterocycles. The van der Waals surface area contributed by atoms with Crippen LogP contribution in [-0.4, -0.2) is 19.1 Å². The van der Waals surface area contributed by atoms with Crippen molar-refractivity contribution in [2.24, 2.45) is 0 Å². The number of nitrogens with zero attached hydrogens (tertiary/aromatic N) is 1. The number of hydrogen-bond donors (Lipinski definition) is 1. The topological polar surface area (TPSA) is 71.3 Å². The highest BCUT2D eigenvalue weighted by Gasteiger charge is 2.16. The van der Waals surface area contributed by atoms with Crippen molar-refractivity contribution in [1.29, 1.82) is 5.26 Å². The third-order valence-corrected chi connectivity index (χ3v) is 4.11. The molecule has 0 aliphatic heterocycles. The van der Waals surface area contributed by atoms with Gasteiger partial charge in [-0.2, -0.15) is 22.8 Å². The maximum absolute atomic E-state index is 12.6. The lowest BCUT2D eigenvalue weighted by atomic mass is 10.1. The molecule has 0 aliphatic carbocycles. The van der Waals surface area contributed by atoms with Gasteiger partial charge in [-0.3, -0.25) is 4.79 Å². The van der Waals surface area contributed by atoms with Gasteiger partial charge < -0.3 is 14.8 Å². The fourth-order valence-corrected chi connectivity index (χ4v) is 2.45. The fraction of sp³-hybridized carbons (Fsp3) is 0.111. The van der Waals surface area contributed by atoms with Gasteiger partial charge in [0, 0.05) is 11.6 Å². The lowest BCUT2D eigenvalue weighted by Crippen LogP contribution is -2.14. The summed E-state index contributed by atoms with van der Waals surface area (Å²) in [7, 11) is 0. The second kappa shape index (κ2) is 10.0. The van der Waals surface area contributed by atoms with Crippen molar-refractivity contribution in [1.82, 2.24) is 0 Å². The van der Waals surface area contributed by atoms with Crippen LogP contribution in [0.25, 0.3) is 6.08 Å². The van der Waals surface area contributed by atoms with Gasteiger partial charge in [-0.25, -0.2) is 0 Å². The first kappa shape index (κ1) is 22.3. The van der Waals surface area contributed by atoms with Crippen LogP contribution in [0, 0.1) is 11.3 Å². The Balaban J connectivity index is 2.36. The number of carbonyl (C=O) groups is 1. The Bertz CT molecular complexity index is 978. The molecule has 0 saturated carbocycles. The van der Waals surface area contributed by atoms with E-state index in [2.05, 4.69) is 14.8 Å². The number of halogens is 6. The lowest BCUT2D eigenvalue weighted by molar-refractivity contribution is -0.112. The van der Waals surface area contributed by atoms with E-state index in [-0.39, 0.29) is 21.3 Å². The number of benzene rings is 2. The Kier molecular flexibility index (Phi) is 7.70. The van der Waals surface area contributed by atoms with E-state index >= 15 is 0 Å². The molecule has 0 atom stereocenters. The minimum absolute atomic E-state index is 0.0371. The van der Waals surface area contributed by atoms with Gasteiger partial charge in [-0.15, -0.1) is 0 Å². The molecule has 1 N–H and O–H groups in total. The molecule has 29 heavy (non-hydrogen) atoms. The number of nitrogens with one attached hydrogen (secondary N) is 1. The Hall–Kier alpha value is -2.96. The second-order valence-corrected chi connectivity index (χ2v) is 5.97. The zero-order valence-corrected chi connectivity index (χ0v) is 15.6. The zero-order chi connectivity index (χ0) is 21.6. The van der Waals surface area contributed by atoms with E-state index in [4.69, 9.17) is 23.2 Å². The van der Waals surface area contributed by atoms with E-state index < -0.39 is 36.2 Å². The second-order valence-electron chi connectivity index (χ2n) is 5.18. The number of nitriles is 1. The van der Waals surface area contributed by atoms with Gasteiger partial charge in [-0.05, 0) is 30.3 Å². The summed E-state index contributed by atoms with van der Waals surface area (Å²) in [4.78, 5) is 12.3. The zero-order valence-electron chi connectivity index (χ0n) is 14.1. The van der Waals surface area contributed by atoms with E-state index in [0.717, 1.165) is 24.3 Å². The average Bonchev–Trinajstić information content (AvgIpc) is 2.64. The Morgan fingerprint density at radius 2 is 1.79 bits per heavy atom. The maximum Gasteiger partial charge on any atom is 0.387 e. The smallest absolute Gasteiger partial charge is 0.387 e.